The summed E-state index contributed by atoms with van der Waals surface area (Å²) < 4.78 is 0. The number of nitrogens with one attached hydrogen (secondary N) is 1. The monoisotopic (exact) mass is 317 g/mol. The number of benzene rings is 1. The summed E-state index contributed by atoms with van der Waals surface area (Å²) in [6, 6.07) is 6.30. The normalized spacial score (nSPS) is 18.1. The van der Waals surface area contributed by atoms with Crippen molar-refractivity contribution in [3.8, 4) is 0 Å². The quantitative estimate of drug-likeness (QED) is 0.874. The van der Waals surface area contributed by atoms with Gasteiger partial charge in [-0.05, 0) is 42.9 Å². The molecular formula is C18H27N3O2. The fourth-order valence-electron chi connectivity index (χ4n) is 2.91. The first-order valence-corrected chi connectivity index (χ1v) is 8.30. The first-order chi connectivity index (χ1) is 10.9. The number of amides is 2. The van der Waals surface area contributed by atoms with Crippen molar-refractivity contribution < 1.29 is 9.59 Å². The van der Waals surface area contributed by atoms with Crippen LogP contribution >= 0.6 is 0 Å². The smallest absolute Gasteiger partial charge is 0.241 e. The molecule has 1 aromatic carbocycles. The van der Waals surface area contributed by atoms with Gasteiger partial charge in [0.2, 0.25) is 11.8 Å². The third-order valence-corrected chi connectivity index (χ3v) is 4.53. The van der Waals surface area contributed by atoms with Crippen LogP contribution < -0.4 is 11.1 Å². The molecule has 3 N–H and O–H groups in total. The molecule has 0 saturated carbocycles. The zero-order valence-corrected chi connectivity index (χ0v) is 14.3. The van der Waals surface area contributed by atoms with Gasteiger partial charge in [-0.2, -0.15) is 0 Å². The highest BCUT2D eigenvalue weighted by Crippen LogP contribution is 2.22. The summed E-state index contributed by atoms with van der Waals surface area (Å²) in [5.41, 5.74) is 8.73. The average Bonchev–Trinajstić information content (AvgIpc) is 2.53. The van der Waals surface area contributed by atoms with Crippen molar-refractivity contribution in [1.82, 2.24) is 4.90 Å². The molecule has 1 aliphatic rings. The Hall–Kier alpha value is -2.04. The predicted octanol–water partition coefficient (Wildman–Crippen LogP) is 2.25. The number of carbonyl (C=O) groups is 2. The summed E-state index contributed by atoms with van der Waals surface area (Å²) in [6.45, 7) is 7.72. The predicted molar refractivity (Wildman–Crippen MR) is 92.3 cm³/mol. The first kappa shape index (κ1) is 17.3. The van der Waals surface area contributed by atoms with Crippen LogP contribution in [0.1, 0.15) is 43.7 Å². The Morgan fingerprint density at radius 3 is 2.78 bits per heavy atom. The maximum absolute atomic E-state index is 12.4. The number of primary amides is 1. The van der Waals surface area contributed by atoms with E-state index in [-0.39, 0.29) is 24.3 Å². The van der Waals surface area contributed by atoms with Crippen LogP contribution in [0.3, 0.4) is 0 Å². The Bertz CT molecular complexity index is 584. The second kappa shape index (κ2) is 7.49. The van der Waals surface area contributed by atoms with E-state index in [4.69, 9.17) is 5.73 Å². The minimum absolute atomic E-state index is 0.0188. The zero-order chi connectivity index (χ0) is 17.0. The van der Waals surface area contributed by atoms with E-state index >= 15 is 0 Å². The minimum atomic E-state index is -0.309. The maximum Gasteiger partial charge on any atom is 0.241 e. The summed E-state index contributed by atoms with van der Waals surface area (Å²) >= 11 is 0. The highest BCUT2D eigenvalue weighted by Gasteiger charge is 2.26. The van der Waals surface area contributed by atoms with E-state index in [0.717, 1.165) is 24.1 Å². The number of nitrogens with zero attached hydrogens (tertiary/aromatic N) is 1. The third kappa shape index (κ3) is 4.47. The van der Waals surface area contributed by atoms with Gasteiger partial charge in [0.25, 0.3) is 0 Å². The van der Waals surface area contributed by atoms with Crippen molar-refractivity contribution in [1.29, 1.82) is 0 Å². The van der Waals surface area contributed by atoms with Gasteiger partial charge in [-0.15, -0.1) is 0 Å². The molecule has 1 unspecified atom stereocenters. The van der Waals surface area contributed by atoms with Crippen LogP contribution in [0.2, 0.25) is 0 Å². The fraction of sp³-hybridized carbons (Fsp3) is 0.556. The minimum Gasteiger partial charge on any atom is -0.376 e. The largest absolute Gasteiger partial charge is 0.376 e. The molecule has 0 aromatic heterocycles. The summed E-state index contributed by atoms with van der Waals surface area (Å²) in [4.78, 5) is 25.4. The molecule has 0 bridgehead atoms. The molecule has 5 nitrogen and oxygen atoms in total. The molecular weight excluding hydrogens is 290 g/mol. The number of carbonyl (C=O) groups excluding carboxylic acids is 2. The molecule has 126 valence electrons. The summed E-state index contributed by atoms with van der Waals surface area (Å²) in [6.07, 6.45) is 1.61. The van der Waals surface area contributed by atoms with E-state index in [1.165, 1.54) is 5.56 Å². The van der Waals surface area contributed by atoms with Crippen molar-refractivity contribution in [2.45, 2.75) is 39.5 Å². The Morgan fingerprint density at radius 2 is 2.13 bits per heavy atom. The Kier molecular flexibility index (Phi) is 5.64. The summed E-state index contributed by atoms with van der Waals surface area (Å²) in [5.74, 6) is -0.0507. The standard InChI is InChI=1S/C18H27N3O2/c1-12(2)14-7-6-13(3)16(9-14)20-10-17(22)21-8-4-5-15(11-21)18(19)23/h6-7,9,12,15,20H,4-5,8,10-11H2,1-3H3,(H2,19,23). The van der Waals surface area contributed by atoms with Crippen LogP contribution in [0.15, 0.2) is 18.2 Å². The molecule has 0 radical (unpaired) electrons. The lowest BCUT2D eigenvalue weighted by atomic mass is 9.97. The number of anilines is 1. The van der Waals surface area contributed by atoms with Gasteiger partial charge in [0.15, 0.2) is 0 Å². The fourth-order valence-corrected chi connectivity index (χ4v) is 2.91. The lowest BCUT2D eigenvalue weighted by Gasteiger charge is -2.31. The van der Waals surface area contributed by atoms with Crippen LogP contribution in [-0.4, -0.2) is 36.3 Å². The molecule has 23 heavy (non-hydrogen) atoms. The van der Waals surface area contributed by atoms with E-state index in [1.54, 1.807) is 4.90 Å². The van der Waals surface area contributed by atoms with Gasteiger partial charge in [0.05, 0.1) is 12.5 Å². The maximum atomic E-state index is 12.4. The second-order valence-electron chi connectivity index (χ2n) is 6.66. The number of rotatable bonds is 5. The van der Waals surface area contributed by atoms with Crippen molar-refractivity contribution >= 4 is 17.5 Å². The Morgan fingerprint density at radius 1 is 1.39 bits per heavy atom. The molecule has 2 rings (SSSR count). The number of aryl methyl sites for hydroxylation is 1. The first-order valence-electron chi connectivity index (χ1n) is 8.30. The Balaban J connectivity index is 1.96. The van der Waals surface area contributed by atoms with Gasteiger partial charge >= 0.3 is 0 Å². The van der Waals surface area contributed by atoms with Gasteiger partial charge in [-0.25, -0.2) is 0 Å². The Labute approximate surface area is 138 Å². The molecule has 0 spiro atoms. The van der Waals surface area contributed by atoms with Crippen LogP contribution in [0.25, 0.3) is 0 Å². The van der Waals surface area contributed by atoms with Gasteiger partial charge in [-0.3, -0.25) is 9.59 Å². The van der Waals surface area contributed by atoms with Crippen LogP contribution in [0, 0.1) is 12.8 Å². The van der Waals surface area contributed by atoms with Gasteiger partial charge < -0.3 is 16.0 Å². The SMILES string of the molecule is Cc1ccc(C(C)C)cc1NCC(=O)N1CCCC(C(N)=O)C1. The number of nitrogens with two attached hydrogens (primary N) is 1. The number of hydrogen-bond donors (Lipinski definition) is 2. The highest BCUT2D eigenvalue weighted by molar-refractivity contribution is 5.83. The van der Waals surface area contributed by atoms with Gasteiger partial charge in [0.1, 0.15) is 0 Å². The van der Waals surface area contributed by atoms with Crippen LogP contribution in [-0.2, 0) is 9.59 Å². The number of likely N-dealkylation sites (tertiary alicyclic amines) is 1. The molecule has 0 aliphatic carbocycles. The van der Waals surface area contributed by atoms with E-state index in [9.17, 15) is 9.59 Å². The average molecular weight is 317 g/mol. The van der Waals surface area contributed by atoms with Crippen molar-refractivity contribution in [2.24, 2.45) is 11.7 Å². The molecule has 1 heterocycles. The van der Waals surface area contributed by atoms with Crippen molar-refractivity contribution in [2.75, 3.05) is 25.0 Å². The molecule has 1 aliphatic heterocycles. The molecule has 1 saturated heterocycles. The zero-order valence-electron chi connectivity index (χ0n) is 14.3. The van der Waals surface area contributed by atoms with Gasteiger partial charge in [-0.1, -0.05) is 26.0 Å². The van der Waals surface area contributed by atoms with Crippen LogP contribution in [0.5, 0.6) is 0 Å². The topological polar surface area (TPSA) is 75.4 Å². The molecule has 1 aromatic rings. The highest BCUT2D eigenvalue weighted by atomic mass is 16.2. The van der Waals surface area contributed by atoms with E-state index in [1.807, 2.05) is 6.92 Å². The molecule has 2 amide bonds. The molecule has 5 heteroatoms. The lowest BCUT2D eigenvalue weighted by molar-refractivity contribution is -0.133. The molecule has 1 fully saturated rings. The number of piperidine rings is 1. The van der Waals surface area contributed by atoms with E-state index < -0.39 is 0 Å². The van der Waals surface area contributed by atoms with E-state index in [0.29, 0.717) is 19.0 Å². The van der Waals surface area contributed by atoms with Crippen LogP contribution in [0.4, 0.5) is 5.69 Å². The van der Waals surface area contributed by atoms with Crippen molar-refractivity contribution in [3.63, 3.8) is 0 Å². The summed E-state index contributed by atoms with van der Waals surface area (Å²) in [7, 11) is 0. The van der Waals surface area contributed by atoms with Gasteiger partial charge in [0, 0.05) is 18.8 Å². The number of hydrogen-bond acceptors (Lipinski definition) is 3. The summed E-state index contributed by atoms with van der Waals surface area (Å²) in [5, 5.41) is 3.24. The second-order valence-corrected chi connectivity index (χ2v) is 6.66. The van der Waals surface area contributed by atoms with Crippen molar-refractivity contribution in [3.05, 3.63) is 29.3 Å². The third-order valence-electron chi connectivity index (χ3n) is 4.53. The lowest BCUT2D eigenvalue weighted by Crippen LogP contribution is -2.46. The van der Waals surface area contributed by atoms with E-state index in [2.05, 4.69) is 37.4 Å². The molecule has 1 atom stereocenters.